The Labute approximate surface area is 143 Å². The van der Waals surface area contributed by atoms with Crippen LogP contribution in [0.2, 0.25) is 22.7 Å². The Balaban J connectivity index is 3.05. The van der Waals surface area contributed by atoms with Gasteiger partial charge in [0.25, 0.3) is 0 Å². The van der Waals surface area contributed by atoms with Gasteiger partial charge in [-0.15, -0.1) is 0 Å². The third-order valence-corrected chi connectivity index (χ3v) is 13.7. The van der Waals surface area contributed by atoms with E-state index in [4.69, 9.17) is 4.84 Å². The van der Waals surface area contributed by atoms with Crippen LogP contribution in [0.1, 0.15) is 67.2 Å². The van der Waals surface area contributed by atoms with Crippen molar-refractivity contribution in [2.45, 2.75) is 102 Å². The summed E-state index contributed by atoms with van der Waals surface area (Å²) < 4.78 is 0. The molecule has 0 aromatic carbocycles. The summed E-state index contributed by atoms with van der Waals surface area (Å²) in [7, 11) is -0.156. The fraction of sp³-hybridized carbons (Fsp3) is 0.944. The number of aliphatic hydroxyl groups is 1. The number of aliphatic hydroxyl groups excluding tert-OH is 1. The topological polar surface area (TPSA) is 49.8 Å². The minimum Gasteiger partial charge on any atom is -0.391 e. The van der Waals surface area contributed by atoms with E-state index in [1.165, 1.54) is 5.06 Å². The standard InChI is InChI=1S/C18H37NO3Si/c1-13(2)23(14(3)4,15(5)6)12-17(20)16-10-8-9-11-18(21)19(16)22-7/h13-17,20H,8-12H2,1-7H3/t16-,17+/m0/s1. The quantitative estimate of drug-likeness (QED) is 0.699. The van der Waals surface area contributed by atoms with Gasteiger partial charge in [-0.2, -0.15) is 0 Å². The molecule has 1 amide bonds. The lowest BCUT2D eigenvalue weighted by Gasteiger charge is -2.46. The van der Waals surface area contributed by atoms with Gasteiger partial charge in [0, 0.05) is 6.42 Å². The van der Waals surface area contributed by atoms with Gasteiger partial charge in [-0.25, -0.2) is 5.06 Å². The maximum atomic E-state index is 12.2. The summed E-state index contributed by atoms with van der Waals surface area (Å²) in [5, 5.41) is 12.5. The van der Waals surface area contributed by atoms with E-state index in [0.717, 1.165) is 25.3 Å². The summed E-state index contributed by atoms with van der Waals surface area (Å²) >= 11 is 0. The molecule has 1 rings (SSSR count). The van der Waals surface area contributed by atoms with E-state index in [2.05, 4.69) is 41.5 Å². The molecule has 4 nitrogen and oxygen atoms in total. The second kappa shape index (κ2) is 8.63. The van der Waals surface area contributed by atoms with Gasteiger partial charge >= 0.3 is 0 Å². The smallest absolute Gasteiger partial charge is 0.246 e. The van der Waals surface area contributed by atoms with Gasteiger partial charge in [0.15, 0.2) is 0 Å². The Morgan fingerprint density at radius 2 is 1.65 bits per heavy atom. The molecule has 1 fully saturated rings. The number of rotatable bonds is 7. The molecule has 2 atom stereocenters. The van der Waals surface area contributed by atoms with E-state index in [9.17, 15) is 9.90 Å². The SMILES string of the molecule is CON1C(=O)CCCC[C@H]1[C@H](O)C[Si](C(C)C)(C(C)C)C(C)C. The van der Waals surface area contributed by atoms with Crippen LogP contribution in [0.25, 0.3) is 0 Å². The van der Waals surface area contributed by atoms with Crippen molar-refractivity contribution in [3.8, 4) is 0 Å². The number of hydroxylamine groups is 2. The van der Waals surface area contributed by atoms with Gasteiger partial charge in [0.2, 0.25) is 5.91 Å². The van der Waals surface area contributed by atoms with Crippen LogP contribution in [0.15, 0.2) is 0 Å². The first-order chi connectivity index (χ1) is 10.7. The molecule has 1 heterocycles. The molecule has 23 heavy (non-hydrogen) atoms. The zero-order valence-electron chi connectivity index (χ0n) is 16.1. The average Bonchev–Trinajstić information content (AvgIpc) is 2.64. The van der Waals surface area contributed by atoms with Gasteiger partial charge in [-0.05, 0) is 18.9 Å². The average molecular weight is 344 g/mol. The summed E-state index contributed by atoms with van der Waals surface area (Å²) in [6.07, 6.45) is 2.74. The molecule has 0 aliphatic carbocycles. The molecular formula is C18H37NO3Si. The Hall–Kier alpha value is -0.393. The predicted octanol–water partition coefficient (Wildman–Crippen LogP) is 4.36. The normalized spacial score (nSPS) is 22.1. The van der Waals surface area contributed by atoms with Crippen molar-refractivity contribution in [2.24, 2.45) is 0 Å². The molecule has 5 heteroatoms. The first kappa shape index (κ1) is 20.7. The number of amides is 1. The third-order valence-electron chi connectivity index (χ3n) is 6.12. The number of hydrogen-bond acceptors (Lipinski definition) is 3. The van der Waals surface area contributed by atoms with Gasteiger partial charge < -0.3 is 5.11 Å². The molecule has 1 N–H and O–H groups in total. The summed E-state index contributed by atoms with van der Waals surface area (Å²) in [6.45, 7) is 13.9. The summed E-state index contributed by atoms with van der Waals surface area (Å²) in [4.78, 5) is 17.6. The van der Waals surface area contributed by atoms with Crippen molar-refractivity contribution in [3.05, 3.63) is 0 Å². The monoisotopic (exact) mass is 343 g/mol. The van der Waals surface area contributed by atoms with Gasteiger partial charge in [0.05, 0.1) is 27.3 Å². The van der Waals surface area contributed by atoms with Crippen molar-refractivity contribution in [1.29, 1.82) is 0 Å². The number of carbonyl (C=O) groups is 1. The Morgan fingerprint density at radius 3 is 2.09 bits per heavy atom. The van der Waals surface area contributed by atoms with Crippen molar-refractivity contribution in [3.63, 3.8) is 0 Å². The van der Waals surface area contributed by atoms with E-state index in [1.54, 1.807) is 7.11 Å². The maximum absolute atomic E-state index is 12.2. The fourth-order valence-corrected chi connectivity index (χ4v) is 11.2. The van der Waals surface area contributed by atoms with Crippen molar-refractivity contribution >= 4 is 14.0 Å². The molecule has 0 aromatic heterocycles. The second-order valence-corrected chi connectivity index (χ2v) is 14.2. The van der Waals surface area contributed by atoms with Gasteiger partial charge in [-0.1, -0.05) is 64.6 Å². The van der Waals surface area contributed by atoms with Crippen LogP contribution in [0, 0.1) is 0 Å². The van der Waals surface area contributed by atoms with Crippen molar-refractivity contribution in [2.75, 3.05) is 7.11 Å². The lowest BCUT2D eigenvalue weighted by atomic mass is 10.1. The highest BCUT2D eigenvalue weighted by atomic mass is 28.3. The first-order valence-corrected chi connectivity index (χ1v) is 11.7. The zero-order chi connectivity index (χ0) is 17.8. The molecule has 0 unspecified atom stereocenters. The van der Waals surface area contributed by atoms with Crippen LogP contribution in [0.3, 0.4) is 0 Å². The fourth-order valence-electron chi connectivity index (χ4n) is 4.83. The molecule has 1 saturated heterocycles. The van der Waals surface area contributed by atoms with Crippen LogP contribution in [-0.4, -0.2) is 43.4 Å². The van der Waals surface area contributed by atoms with E-state index < -0.39 is 14.2 Å². The highest BCUT2D eigenvalue weighted by Gasteiger charge is 2.46. The second-order valence-electron chi connectivity index (χ2n) is 8.06. The highest BCUT2D eigenvalue weighted by molar-refractivity contribution is 6.83. The molecule has 0 bridgehead atoms. The third kappa shape index (κ3) is 4.37. The van der Waals surface area contributed by atoms with E-state index in [1.807, 2.05) is 0 Å². The predicted molar refractivity (Wildman–Crippen MR) is 98.0 cm³/mol. The van der Waals surface area contributed by atoms with E-state index >= 15 is 0 Å². The molecule has 0 radical (unpaired) electrons. The highest BCUT2D eigenvalue weighted by Crippen LogP contribution is 2.46. The summed E-state index contributed by atoms with van der Waals surface area (Å²) in [6, 6.07) is 0.649. The lowest BCUT2D eigenvalue weighted by molar-refractivity contribution is -0.196. The Morgan fingerprint density at radius 1 is 1.13 bits per heavy atom. The molecule has 1 aliphatic rings. The minimum absolute atomic E-state index is 0.0138. The largest absolute Gasteiger partial charge is 0.391 e. The summed E-state index contributed by atoms with van der Waals surface area (Å²) in [5.74, 6) is 0.0138. The van der Waals surface area contributed by atoms with Crippen LogP contribution >= 0.6 is 0 Å². The molecule has 1 aliphatic heterocycles. The van der Waals surface area contributed by atoms with Gasteiger partial charge in [-0.3, -0.25) is 9.63 Å². The van der Waals surface area contributed by atoms with Crippen LogP contribution in [0.5, 0.6) is 0 Å². The molecular weight excluding hydrogens is 306 g/mol. The van der Waals surface area contributed by atoms with Crippen LogP contribution < -0.4 is 0 Å². The zero-order valence-corrected chi connectivity index (χ0v) is 17.1. The summed E-state index contributed by atoms with van der Waals surface area (Å²) in [5.41, 5.74) is 1.82. The number of nitrogens with zero attached hydrogens (tertiary/aromatic N) is 1. The Kier molecular flexibility index (Phi) is 7.75. The lowest BCUT2D eigenvalue weighted by Crippen LogP contribution is -2.52. The van der Waals surface area contributed by atoms with Crippen molar-refractivity contribution in [1.82, 2.24) is 5.06 Å². The Bertz CT molecular complexity index is 363. The minimum atomic E-state index is -1.70. The first-order valence-electron chi connectivity index (χ1n) is 9.22. The molecule has 0 aromatic rings. The maximum Gasteiger partial charge on any atom is 0.246 e. The van der Waals surface area contributed by atoms with Crippen LogP contribution in [0.4, 0.5) is 0 Å². The molecule has 0 spiro atoms. The number of hydrogen-bond donors (Lipinski definition) is 1. The van der Waals surface area contributed by atoms with E-state index in [-0.39, 0.29) is 11.9 Å². The number of carbonyl (C=O) groups excluding carboxylic acids is 1. The van der Waals surface area contributed by atoms with Crippen molar-refractivity contribution < 1.29 is 14.7 Å². The van der Waals surface area contributed by atoms with Gasteiger partial charge in [0.1, 0.15) is 0 Å². The molecule has 0 saturated carbocycles. The van der Waals surface area contributed by atoms with E-state index in [0.29, 0.717) is 23.0 Å². The molecule has 136 valence electrons. The van der Waals surface area contributed by atoms with Crippen LogP contribution in [-0.2, 0) is 9.63 Å².